The van der Waals surface area contributed by atoms with Gasteiger partial charge in [-0.3, -0.25) is 28.8 Å². The van der Waals surface area contributed by atoms with Crippen molar-refractivity contribution in [2.24, 2.45) is 5.92 Å². The van der Waals surface area contributed by atoms with Gasteiger partial charge in [-0.2, -0.15) is 11.8 Å². The number of hydrogen-bond donors (Lipinski definition) is 7. The van der Waals surface area contributed by atoms with Gasteiger partial charge >= 0.3 is 6.03 Å². The fourth-order valence-corrected chi connectivity index (χ4v) is 13.1. The number of allylic oxidation sites excluding steroid dienone is 4. The van der Waals surface area contributed by atoms with E-state index in [4.69, 9.17) is 14.2 Å². The molecule has 10 rings (SSSR count). The molecule has 27 heteroatoms. The van der Waals surface area contributed by atoms with Gasteiger partial charge in [0.2, 0.25) is 5.91 Å². The number of nitrogens with zero attached hydrogens (tertiary/aromatic N) is 7. The van der Waals surface area contributed by atoms with Gasteiger partial charge in [-0.05, 0) is 118 Å². The second-order valence-corrected chi connectivity index (χ2v) is 26.2. The van der Waals surface area contributed by atoms with Gasteiger partial charge in [0.15, 0.2) is 0 Å². The second-order valence-electron chi connectivity index (χ2n) is 25.0. The van der Waals surface area contributed by atoms with E-state index in [1.54, 1.807) is 55.5 Å². The van der Waals surface area contributed by atoms with Crippen LogP contribution in [-0.2, 0) is 50.0 Å². The van der Waals surface area contributed by atoms with E-state index in [1.165, 1.54) is 0 Å². The fourth-order valence-electron chi connectivity index (χ4n) is 11.6. The first-order valence-corrected chi connectivity index (χ1v) is 36.2. The molecule has 2 aromatic carbocycles. The summed E-state index contributed by atoms with van der Waals surface area (Å²) in [6, 6.07) is 24.8. The Labute approximate surface area is 602 Å². The Morgan fingerprint density at radius 3 is 1.93 bits per heavy atom. The number of carbonyl (C=O) groups excluding carboxylic acids is 7. The number of ketones is 1. The third kappa shape index (κ3) is 25.7. The van der Waals surface area contributed by atoms with Crippen LogP contribution in [-0.4, -0.2) is 185 Å². The van der Waals surface area contributed by atoms with E-state index in [2.05, 4.69) is 87.7 Å². The predicted octanol–water partition coefficient (Wildman–Crippen LogP) is 5.47. The smallest absolute Gasteiger partial charge is 0.315 e. The zero-order valence-electron chi connectivity index (χ0n) is 59.5. The Morgan fingerprint density at radius 1 is 0.735 bits per heavy atom. The first kappa shape index (κ1) is 80.2. The number of pyridine rings is 2. The Bertz CT molecular complexity index is 3620. The summed E-state index contributed by atoms with van der Waals surface area (Å²) in [6.45, 7) is 22.2. The Kier molecular flexibility index (Phi) is 33.8. The summed E-state index contributed by atoms with van der Waals surface area (Å²) < 4.78 is 18.5. The number of aryl methyl sites for hydroxylation is 1. The van der Waals surface area contributed by atoms with E-state index in [-0.39, 0.29) is 91.3 Å². The molecule has 0 radical (unpaired) electrons. The molecule has 0 spiro atoms. The number of ether oxygens (including phenoxy) is 3. The van der Waals surface area contributed by atoms with Crippen LogP contribution >= 0.6 is 11.8 Å². The molecule has 5 atom stereocenters. The fraction of sp³-hybridized carbons (Fsp3) is 0.480. The maximum atomic E-state index is 12.6. The summed E-state index contributed by atoms with van der Waals surface area (Å²) in [4.78, 5) is 98.7. The molecule has 5 aliphatic rings. The van der Waals surface area contributed by atoms with Crippen molar-refractivity contribution in [3.8, 4) is 0 Å². The maximum Gasteiger partial charge on any atom is 0.315 e. The molecule has 1 aliphatic carbocycles. The van der Waals surface area contributed by atoms with Crippen molar-refractivity contribution in [1.82, 2.24) is 67.1 Å². The minimum Gasteiger partial charge on any atom is -0.851 e. The lowest BCUT2D eigenvalue weighted by Crippen LogP contribution is -2.64. The van der Waals surface area contributed by atoms with Crippen LogP contribution in [0.2, 0.25) is 0 Å². The Hall–Kier alpha value is -9.12. The maximum absolute atomic E-state index is 12.6. The third-order valence-electron chi connectivity index (χ3n) is 17.6. The number of benzene rings is 2. The first-order valence-electron chi connectivity index (χ1n) is 35.2. The van der Waals surface area contributed by atoms with Gasteiger partial charge in [0.25, 0.3) is 23.6 Å². The summed E-state index contributed by atoms with van der Waals surface area (Å²) in [6.07, 6.45) is 15.2. The van der Waals surface area contributed by atoms with Crippen molar-refractivity contribution in [3.05, 3.63) is 185 Å². The molecular formula is C75H100N14O12S-2. The van der Waals surface area contributed by atoms with Gasteiger partial charge < -0.3 is 71.4 Å². The van der Waals surface area contributed by atoms with E-state index in [0.29, 0.717) is 70.6 Å². The monoisotopic (exact) mass is 1420 g/mol. The van der Waals surface area contributed by atoms with Crippen LogP contribution in [0.4, 0.5) is 10.5 Å². The van der Waals surface area contributed by atoms with Crippen LogP contribution in [0.25, 0.3) is 0 Å². The number of Topliss-reactive ketones (excluding diaryl/α,β-unsaturated/α-hetero) is 1. The van der Waals surface area contributed by atoms with Crippen molar-refractivity contribution in [2.45, 2.75) is 142 Å². The first-order chi connectivity index (χ1) is 49.4. The Balaban J connectivity index is 0.000000238. The van der Waals surface area contributed by atoms with Crippen molar-refractivity contribution < 1.29 is 58.0 Å². The lowest BCUT2D eigenvalue weighted by Gasteiger charge is -2.60. The number of hydrogen-bond acceptors (Lipinski definition) is 19. The van der Waals surface area contributed by atoms with Crippen LogP contribution in [0.5, 0.6) is 0 Å². The van der Waals surface area contributed by atoms with Crippen LogP contribution < -0.4 is 52.3 Å². The number of amides is 7. The average molecular weight is 1420 g/mol. The predicted molar refractivity (Wildman–Crippen MR) is 388 cm³/mol. The molecule has 102 heavy (non-hydrogen) atoms. The lowest BCUT2D eigenvalue weighted by molar-refractivity contribution is -0.547. The number of fused-ring (bicyclic) bond motifs is 14. The van der Waals surface area contributed by atoms with Gasteiger partial charge in [-0.1, -0.05) is 116 Å². The molecule has 5 unspecified atom stereocenters. The van der Waals surface area contributed by atoms with Crippen molar-refractivity contribution >= 4 is 58.8 Å². The highest BCUT2D eigenvalue weighted by Crippen LogP contribution is 2.39. The van der Waals surface area contributed by atoms with Crippen molar-refractivity contribution in [1.29, 1.82) is 0 Å². The highest BCUT2D eigenvalue weighted by atomic mass is 32.2. The van der Waals surface area contributed by atoms with Crippen LogP contribution in [0.1, 0.15) is 150 Å². The number of urea groups is 1. The van der Waals surface area contributed by atoms with E-state index in [9.17, 15) is 43.8 Å². The van der Waals surface area contributed by atoms with Crippen LogP contribution in [0.15, 0.2) is 139 Å². The second kappa shape index (κ2) is 43.0. The minimum absolute atomic E-state index is 0.0359. The zero-order valence-corrected chi connectivity index (χ0v) is 60.3. The van der Waals surface area contributed by atoms with Gasteiger partial charge in [-0.15, -0.1) is 17.3 Å². The van der Waals surface area contributed by atoms with E-state index in [1.807, 2.05) is 110 Å². The molecule has 3 fully saturated rings. The summed E-state index contributed by atoms with van der Waals surface area (Å²) in [5.74, 6) is -1.35. The normalized spacial score (nSPS) is 19.8. The molecule has 1 saturated carbocycles. The molecule has 2 saturated heterocycles. The molecule has 4 aliphatic heterocycles. The number of unbranched alkanes of at least 4 members (excludes halogenated alkanes) is 1. The number of thioether (sulfide) groups is 1. The molecule has 26 nitrogen and oxygen atoms in total. The molecule has 7 heterocycles. The van der Waals surface area contributed by atoms with Gasteiger partial charge in [-0.25, -0.2) is 19.4 Å². The van der Waals surface area contributed by atoms with Crippen molar-refractivity contribution in [2.75, 3.05) is 89.6 Å². The summed E-state index contributed by atoms with van der Waals surface area (Å²) in [7, 11) is 0. The number of carbonyl (C=O) groups is 7. The zero-order chi connectivity index (χ0) is 73.2. The SMILES string of the molecule is C=C/C(=C\C)N(CC)Cn1cc(CC)nn1.CC1=CC=CCNC(=O)c2cccc(n2)C(=O)NCc2ccc(cc2)CNC(=O)c2cccc(n2)C(=O)NC1.CCN(CCOCC(=O)NCCOCCOCCCC(=O)CCCCC1SCC2NC(=O)NC21)c1ccc(C2C([O-])C(C)C2[O-])cc1. The quantitative estimate of drug-likeness (QED) is 0.0177. The van der Waals surface area contributed by atoms with Gasteiger partial charge in [0, 0.05) is 94.2 Å². The highest BCUT2D eigenvalue weighted by Gasteiger charge is 2.42. The van der Waals surface area contributed by atoms with Crippen molar-refractivity contribution in [3.63, 3.8) is 0 Å². The topological polar surface area (TPSA) is 340 Å². The number of nitrogens with one attached hydrogen (secondary N) is 7. The van der Waals surface area contributed by atoms with E-state index >= 15 is 0 Å². The van der Waals surface area contributed by atoms with Gasteiger partial charge in [0.05, 0.1) is 50.4 Å². The largest absolute Gasteiger partial charge is 0.851 e. The molecule has 3 aromatic heterocycles. The number of anilines is 1. The van der Waals surface area contributed by atoms with E-state index in [0.717, 1.165) is 90.5 Å². The minimum atomic E-state index is -0.828. The summed E-state index contributed by atoms with van der Waals surface area (Å²) in [5, 5.41) is 52.7. The molecular weight excluding hydrogens is 1320 g/mol. The van der Waals surface area contributed by atoms with Gasteiger partial charge in [0.1, 0.15) is 41.8 Å². The summed E-state index contributed by atoms with van der Waals surface area (Å²) >= 11 is 1.91. The molecule has 550 valence electrons. The average Bonchev–Trinajstić information content (AvgIpc) is 0.979. The number of aromatic nitrogens is 5. The molecule has 7 amide bonds. The van der Waals surface area contributed by atoms with E-state index < -0.39 is 41.8 Å². The molecule has 5 aromatic rings. The molecule has 7 N–H and O–H groups in total. The lowest BCUT2D eigenvalue weighted by atomic mass is 9.67. The Morgan fingerprint density at radius 2 is 1.34 bits per heavy atom. The standard InChI is InChI=1S/C34H52N4O8S.C29H28N6O4.C12H20N4/c1-3-38(25-12-10-24(11-13-25)30-32(41)23(2)33(30)42)15-18-46-21-29(40)35-14-17-45-20-19-44-16-6-8-26(39)7-4-5-9-28-31-27(22-47-28)36-34(43)37-31;1-19-6-2-3-15-30-26(36)22-7-4-9-24(34-22)28(38)32-17-20-11-13-21(14-12-20)18-33-29(39)25-10-5-8-23(35-25)27(37)31-16-19;1-5-11-9-16(14-13-11)10-15(8-4)12(6-2)7-3/h10-13,23,27-28,30-33H,3-9,14-22H2,1-2H3,(H,35,40)(H2,36,37,43);2-14H,15-18H2,1H3,(H,30,36)(H,31,37)(H,32,38)(H,33,39);6-7,9H,2,5,8,10H2,1,3-4H3/q-2;;/b;;12-7+. The van der Waals surface area contributed by atoms with Crippen LogP contribution in [0, 0.1) is 5.92 Å². The third-order valence-corrected chi connectivity index (χ3v) is 19.1. The summed E-state index contributed by atoms with van der Waals surface area (Å²) in [5.41, 5.74) is 7.06. The van der Waals surface area contributed by atoms with Crippen LogP contribution in [0.3, 0.4) is 0 Å². The molecule has 6 bridgehead atoms. The highest BCUT2D eigenvalue weighted by molar-refractivity contribution is 8.00. The number of rotatable bonds is 29. The number of likely N-dealkylation sites (N-methyl/N-ethyl adjacent to an activating group) is 2.